The van der Waals surface area contributed by atoms with E-state index in [1.165, 1.54) is 5.56 Å². The number of hydrogen-bond acceptors (Lipinski definition) is 3. The number of aromatic nitrogens is 1. The molecule has 0 fully saturated rings. The topological polar surface area (TPSA) is 34.1 Å². The number of hydrogen-bond donors (Lipinski definition) is 1. The van der Waals surface area contributed by atoms with Gasteiger partial charge in [-0.05, 0) is 45.8 Å². The largest absolute Gasteiger partial charge is 0.497 e. The number of anilines is 1. The fourth-order valence-corrected chi connectivity index (χ4v) is 1.85. The number of pyridine rings is 1. The van der Waals surface area contributed by atoms with E-state index in [9.17, 15) is 0 Å². The van der Waals surface area contributed by atoms with Crippen molar-refractivity contribution in [3.8, 4) is 5.75 Å². The van der Waals surface area contributed by atoms with Crippen molar-refractivity contribution in [2.75, 3.05) is 12.4 Å². The number of halogens is 1. The van der Waals surface area contributed by atoms with Gasteiger partial charge in [-0.3, -0.25) is 4.98 Å². The number of nitrogens with zero attached hydrogens (tertiary/aromatic N) is 1. The van der Waals surface area contributed by atoms with Gasteiger partial charge in [0.2, 0.25) is 0 Å². The van der Waals surface area contributed by atoms with Crippen LogP contribution in [0.3, 0.4) is 0 Å². The Balaban J connectivity index is 2.08. The molecule has 0 amide bonds. The van der Waals surface area contributed by atoms with Gasteiger partial charge in [0.15, 0.2) is 0 Å². The number of methoxy groups -OCH3 is 1. The quantitative estimate of drug-likeness (QED) is 0.937. The highest BCUT2D eigenvalue weighted by Gasteiger charge is 2.01. The van der Waals surface area contributed by atoms with Crippen LogP contribution < -0.4 is 10.1 Å². The molecule has 4 heteroatoms. The molecule has 3 nitrogen and oxygen atoms in total. The highest BCUT2D eigenvalue weighted by atomic mass is 79.9. The average molecular weight is 293 g/mol. The highest BCUT2D eigenvalue weighted by Crippen LogP contribution is 2.27. The van der Waals surface area contributed by atoms with E-state index in [0.717, 1.165) is 22.5 Å². The molecule has 1 N–H and O–H groups in total. The van der Waals surface area contributed by atoms with E-state index >= 15 is 0 Å². The summed E-state index contributed by atoms with van der Waals surface area (Å²) in [6, 6.07) is 9.82. The zero-order chi connectivity index (χ0) is 12.1. The van der Waals surface area contributed by atoms with Gasteiger partial charge >= 0.3 is 0 Å². The fraction of sp³-hybridized carbons (Fsp3) is 0.154. The van der Waals surface area contributed by atoms with Crippen LogP contribution in [0.2, 0.25) is 0 Å². The molecule has 0 saturated carbocycles. The van der Waals surface area contributed by atoms with Crippen LogP contribution in [0.5, 0.6) is 5.75 Å². The van der Waals surface area contributed by atoms with Crippen molar-refractivity contribution in [3.05, 3.63) is 52.8 Å². The van der Waals surface area contributed by atoms with Crippen LogP contribution in [0.1, 0.15) is 5.56 Å². The van der Waals surface area contributed by atoms with E-state index < -0.39 is 0 Å². The molecular formula is C13H13BrN2O. The molecule has 1 aromatic heterocycles. The van der Waals surface area contributed by atoms with Gasteiger partial charge in [-0.25, -0.2) is 0 Å². The van der Waals surface area contributed by atoms with E-state index in [4.69, 9.17) is 4.74 Å². The molecule has 0 aliphatic rings. The lowest BCUT2D eigenvalue weighted by molar-refractivity contribution is 0.415. The van der Waals surface area contributed by atoms with Crippen molar-refractivity contribution in [2.24, 2.45) is 0 Å². The Labute approximate surface area is 109 Å². The number of ether oxygens (including phenoxy) is 1. The lowest BCUT2D eigenvalue weighted by Gasteiger charge is -2.10. The normalized spacial score (nSPS) is 10.0. The summed E-state index contributed by atoms with van der Waals surface area (Å²) in [6.45, 7) is 0.758. The molecule has 0 aliphatic carbocycles. The number of nitrogens with one attached hydrogen (secondary N) is 1. The zero-order valence-electron chi connectivity index (χ0n) is 9.48. The van der Waals surface area contributed by atoms with Crippen LogP contribution in [0, 0.1) is 0 Å². The predicted octanol–water partition coefficient (Wildman–Crippen LogP) is 3.46. The van der Waals surface area contributed by atoms with Crippen molar-refractivity contribution in [1.29, 1.82) is 0 Å². The Hall–Kier alpha value is -1.55. The monoisotopic (exact) mass is 292 g/mol. The first-order chi connectivity index (χ1) is 8.29. The molecule has 0 aliphatic heterocycles. The second kappa shape index (κ2) is 5.68. The summed E-state index contributed by atoms with van der Waals surface area (Å²) in [5, 5.41) is 3.35. The Morgan fingerprint density at radius 1 is 1.24 bits per heavy atom. The summed E-state index contributed by atoms with van der Waals surface area (Å²) in [5.41, 5.74) is 2.20. The minimum Gasteiger partial charge on any atom is -0.497 e. The molecule has 0 radical (unpaired) electrons. The fourth-order valence-electron chi connectivity index (χ4n) is 1.46. The molecule has 0 atom stereocenters. The van der Waals surface area contributed by atoms with Crippen LogP contribution in [-0.4, -0.2) is 12.1 Å². The van der Waals surface area contributed by atoms with E-state index in [1.54, 1.807) is 19.5 Å². The zero-order valence-corrected chi connectivity index (χ0v) is 11.1. The van der Waals surface area contributed by atoms with Crippen LogP contribution in [0.15, 0.2) is 47.2 Å². The van der Waals surface area contributed by atoms with Crippen LogP contribution in [0.25, 0.3) is 0 Å². The number of benzene rings is 1. The van der Waals surface area contributed by atoms with Gasteiger partial charge in [0.1, 0.15) is 5.75 Å². The summed E-state index contributed by atoms with van der Waals surface area (Å²) < 4.78 is 6.21. The highest BCUT2D eigenvalue weighted by molar-refractivity contribution is 9.10. The van der Waals surface area contributed by atoms with Gasteiger partial charge in [-0.2, -0.15) is 0 Å². The van der Waals surface area contributed by atoms with Gasteiger partial charge in [0.25, 0.3) is 0 Å². The minimum absolute atomic E-state index is 0.758. The van der Waals surface area contributed by atoms with E-state index in [-0.39, 0.29) is 0 Å². The SMILES string of the molecule is COc1ccc(Br)c(NCc2ccncc2)c1. The van der Waals surface area contributed by atoms with E-state index in [2.05, 4.69) is 26.2 Å². The van der Waals surface area contributed by atoms with E-state index in [0.29, 0.717) is 0 Å². The number of rotatable bonds is 4. The van der Waals surface area contributed by atoms with Crippen molar-refractivity contribution in [1.82, 2.24) is 4.98 Å². The van der Waals surface area contributed by atoms with E-state index in [1.807, 2.05) is 30.3 Å². The molecule has 1 aromatic carbocycles. The molecular weight excluding hydrogens is 280 g/mol. The average Bonchev–Trinajstić information content (AvgIpc) is 2.39. The van der Waals surface area contributed by atoms with Gasteiger partial charge in [0, 0.05) is 29.5 Å². The van der Waals surface area contributed by atoms with Gasteiger partial charge < -0.3 is 10.1 Å². The van der Waals surface area contributed by atoms with Crippen molar-refractivity contribution >= 4 is 21.6 Å². The van der Waals surface area contributed by atoms with Gasteiger partial charge in [0.05, 0.1) is 12.8 Å². The van der Waals surface area contributed by atoms with Crippen molar-refractivity contribution in [2.45, 2.75) is 6.54 Å². The molecule has 88 valence electrons. The third-order valence-electron chi connectivity index (χ3n) is 2.41. The first-order valence-electron chi connectivity index (χ1n) is 5.26. The Morgan fingerprint density at radius 3 is 2.71 bits per heavy atom. The standard InChI is InChI=1S/C13H13BrN2O/c1-17-11-2-3-12(14)13(8-11)16-9-10-4-6-15-7-5-10/h2-8,16H,9H2,1H3. The smallest absolute Gasteiger partial charge is 0.121 e. The third-order valence-corrected chi connectivity index (χ3v) is 3.10. The first-order valence-corrected chi connectivity index (χ1v) is 6.05. The summed E-state index contributed by atoms with van der Waals surface area (Å²) in [5.74, 6) is 0.838. The summed E-state index contributed by atoms with van der Waals surface area (Å²) in [7, 11) is 1.66. The lowest BCUT2D eigenvalue weighted by atomic mass is 10.2. The molecule has 2 aromatic rings. The minimum atomic E-state index is 0.758. The second-order valence-corrected chi connectivity index (χ2v) is 4.41. The molecule has 17 heavy (non-hydrogen) atoms. The van der Waals surface area contributed by atoms with Crippen LogP contribution in [-0.2, 0) is 6.54 Å². The maximum Gasteiger partial charge on any atom is 0.121 e. The van der Waals surface area contributed by atoms with Crippen molar-refractivity contribution in [3.63, 3.8) is 0 Å². The Bertz CT molecular complexity index is 488. The first kappa shape index (κ1) is 11.9. The van der Waals surface area contributed by atoms with Crippen molar-refractivity contribution < 1.29 is 4.74 Å². The third kappa shape index (κ3) is 3.20. The molecule has 0 unspecified atom stereocenters. The summed E-state index contributed by atoms with van der Waals surface area (Å²) >= 11 is 3.50. The second-order valence-electron chi connectivity index (χ2n) is 3.55. The molecule has 0 spiro atoms. The summed E-state index contributed by atoms with van der Waals surface area (Å²) in [4.78, 5) is 3.99. The maximum absolute atomic E-state index is 5.19. The lowest BCUT2D eigenvalue weighted by Crippen LogP contribution is -2.00. The molecule has 0 saturated heterocycles. The molecule has 1 heterocycles. The molecule has 2 rings (SSSR count). The van der Waals surface area contributed by atoms with Crippen LogP contribution >= 0.6 is 15.9 Å². The Morgan fingerprint density at radius 2 is 2.00 bits per heavy atom. The predicted molar refractivity (Wildman–Crippen MR) is 72.3 cm³/mol. The van der Waals surface area contributed by atoms with Gasteiger partial charge in [-0.15, -0.1) is 0 Å². The Kier molecular flexibility index (Phi) is 3.98. The maximum atomic E-state index is 5.19. The van der Waals surface area contributed by atoms with Crippen LogP contribution in [0.4, 0.5) is 5.69 Å². The molecule has 0 bridgehead atoms. The summed E-state index contributed by atoms with van der Waals surface area (Å²) in [6.07, 6.45) is 3.58. The van der Waals surface area contributed by atoms with Gasteiger partial charge in [-0.1, -0.05) is 0 Å².